The number of piperazine rings is 1. The van der Waals surface area contributed by atoms with Crippen LogP contribution in [-0.4, -0.2) is 75.7 Å². The van der Waals surface area contributed by atoms with Gasteiger partial charge in [-0.15, -0.1) is 0 Å². The SMILES string of the molecule is CCC(CC)(CNC(=NC)NCC(C)CN1CCN(C)CC1)c1ccccc1. The quantitative estimate of drug-likeness (QED) is 0.505. The molecule has 0 amide bonds. The molecule has 28 heavy (non-hydrogen) atoms. The fraction of sp³-hybridized carbons (Fsp3) is 0.696. The van der Waals surface area contributed by atoms with Crippen molar-refractivity contribution in [3.8, 4) is 0 Å². The first-order valence-electron chi connectivity index (χ1n) is 10.9. The van der Waals surface area contributed by atoms with Crippen molar-refractivity contribution in [2.45, 2.75) is 39.0 Å². The first-order chi connectivity index (χ1) is 13.5. The minimum atomic E-state index is 0.143. The van der Waals surface area contributed by atoms with Crippen LogP contribution >= 0.6 is 0 Å². The number of hydrogen-bond acceptors (Lipinski definition) is 3. The van der Waals surface area contributed by atoms with Crippen molar-refractivity contribution in [3.63, 3.8) is 0 Å². The molecular formula is C23H41N5. The monoisotopic (exact) mass is 387 g/mol. The van der Waals surface area contributed by atoms with Gasteiger partial charge in [0.1, 0.15) is 0 Å². The van der Waals surface area contributed by atoms with Crippen LogP contribution in [0.4, 0.5) is 0 Å². The van der Waals surface area contributed by atoms with Crippen LogP contribution in [0.5, 0.6) is 0 Å². The van der Waals surface area contributed by atoms with Gasteiger partial charge in [-0.25, -0.2) is 0 Å². The van der Waals surface area contributed by atoms with Crippen LogP contribution in [0, 0.1) is 5.92 Å². The van der Waals surface area contributed by atoms with Gasteiger partial charge < -0.3 is 20.4 Å². The fourth-order valence-electron chi connectivity index (χ4n) is 4.08. The molecule has 0 spiro atoms. The molecule has 0 aromatic heterocycles. The van der Waals surface area contributed by atoms with Gasteiger partial charge in [0.15, 0.2) is 5.96 Å². The third-order valence-corrected chi connectivity index (χ3v) is 6.34. The van der Waals surface area contributed by atoms with E-state index in [4.69, 9.17) is 0 Å². The van der Waals surface area contributed by atoms with Crippen molar-refractivity contribution in [3.05, 3.63) is 35.9 Å². The Kier molecular flexibility index (Phi) is 9.26. The maximum atomic E-state index is 4.46. The van der Waals surface area contributed by atoms with E-state index < -0.39 is 0 Å². The molecule has 1 heterocycles. The van der Waals surface area contributed by atoms with E-state index in [1.807, 2.05) is 7.05 Å². The number of nitrogens with zero attached hydrogens (tertiary/aromatic N) is 3. The van der Waals surface area contributed by atoms with Crippen LogP contribution in [0.2, 0.25) is 0 Å². The van der Waals surface area contributed by atoms with E-state index in [2.05, 4.69) is 83.6 Å². The highest BCUT2D eigenvalue weighted by atomic mass is 15.2. The maximum absolute atomic E-state index is 4.46. The lowest BCUT2D eigenvalue weighted by Gasteiger charge is -2.34. The first kappa shape index (κ1) is 22.7. The number of nitrogens with one attached hydrogen (secondary N) is 2. The minimum absolute atomic E-state index is 0.143. The normalized spacial score (nSPS) is 18.1. The summed E-state index contributed by atoms with van der Waals surface area (Å²) in [6.07, 6.45) is 2.22. The molecule has 1 aromatic rings. The Balaban J connectivity index is 1.83. The molecule has 1 saturated heterocycles. The van der Waals surface area contributed by atoms with Crippen molar-refractivity contribution in [2.24, 2.45) is 10.9 Å². The predicted octanol–water partition coefficient (Wildman–Crippen LogP) is 2.79. The van der Waals surface area contributed by atoms with Crippen molar-refractivity contribution in [1.29, 1.82) is 0 Å². The molecule has 5 heteroatoms. The Morgan fingerprint density at radius 3 is 2.29 bits per heavy atom. The predicted molar refractivity (Wildman–Crippen MR) is 121 cm³/mol. The second-order valence-electron chi connectivity index (χ2n) is 8.37. The van der Waals surface area contributed by atoms with Gasteiger partial charge in [-0.1, -0.05) is 51.1 Å². The molecule has 1 aromatic carbocycles. The van der Waals surface area contributed by atoms with Crippen LogP contribution in [0.3, 0.4) is 0 Å². The Hall–Kier alpha value is -1.59. The van der Waals surface area contributed by atoms with Gasteiger partial charge in [0, 0.05) is 58.3 Å². The molecule has 0 saturated carbocycles. The van der Waals surface area contributed by atoms with E-state index in [9.17, 15) is 0 Å². The van der Waals surface area contributed by atoms with Gasteiger partial charge in [0.05, 0.1) is 0 Å². The second kappa shape index (κ2) is 11.4. The van der Waals surface area contributed by atoms with Crippen LogP contribution in [0.25, 0.3) is 0 Å². The van der Waals surface area contributed by atoms with Crippen LogP contribution < -0.4 is 10.6 Å². The van der Waals surface area contributed by atoms with Gasteiger partial charge in [0.25, 0.3) is 0 Å². The third kappa shape index (κ3) is 6.49. The molecule has 2 rings (SSSR count). The number of likely N-dealkylation sites (N-methyl/N-ethyl adjacent to an activating group) is 1. The van der Waals surface area contributed by atoms with Gasteiger partial charge in [-0.3, -0.25) is 4.99 Å². The van der Waals surface area contributed by atoms with E-state index >= 15 is 0 Å². The standard InChI is InChI=1S/C23H41N5/c1-6-23(7-2,21-11-9-8-10-12-21)19-26-22(24-4)25-17-20(3)18-28-15-13-27(5)14-16-28/h8-12,20H,6-7,13-19H2,1-5H3,(H2,24,25,26). The summed E-state index contributed by atoms with van der Waals surface area (Å²) in [7, 11) is 4.07. The van der Waals surface area contributed by atoms with Crippen molar-refractivity contribution < 1.29 is 0 Å². The molecule has 1 atom stereocenters. The summed E-state index contributed by atoms with van der Waals surface area (Å²) in [4.78, 5) is 9.45. The van der Waals surface area contributed by atoms with Gasteiger partial charge in [0.2, 0.25) is 0 Å². The zero-order valence-electron chi connectivity index (χ0n) is 18.7. The summed E-state index contributed by atoms with van der Waals surface area (Å²) in [5.41, 5.74) is 1.55. The molecule has 0 aliphatic carbocycles. The molecule has 158 valence electrons. The molecule has 0 bridgehead atoms. The summed E-state index contributed by atoms with van der Waals surface area (Å²) in [6.45, 7) is 14.6. The summed E-state index contributed by atoms with van der Waals surface area (Å²) >= 11 is 0. The lowest BCUT2D eigenvalue weighted by Crippen LogP contribution is -2.49. The summed E-state index contributed by atoms with van der Waals surface area (Å²) in [6, 6.07) is 10.9. The van der Waals surface area contributed by atoms with E-state index in [-0.39, 0.29) is 5.41 Å². The smallest absolute Gasteiger partial charge is 0.191 e. The first-order valence-corrected chi connectivity index (χ1v) is 10.9. The molecule has 2 N–H and O–H groups in total. The van der Waals surface area contributed by atoms with E-state index in [0.29, 0.717) is 5.92 Å². The molecule has 1 aliphatic heterocycles. The largest absolute Gasteiger partial charge is 0.356 e. The van der Waals surface area contributed by atoms with Crippen molar-refractivity contribution in [2.75, 3.05) is 59.9 Å². The number of benzene rings is 1. The Labute approximate surface area is 172 Å². The van der Waals surface area contributed by atoms with Gasteiger partial charge >= 0.3 is 0 Å². The van der Waals surface area contributed by atoms with Crippen molar-refractivity contribution >= 4 is 5.96 Å². The lowest BCUT2D eigenvalue weighted by atomic mass is 9.76. The van der Waals surface area contributed by atoms with Crippen LogP contribution in [0.1, 0.15) is 39.2 Å². The average Bonchev–Trinajstić information content (AvgIpc) is 2.73. The summed E-state index contributed by atoms with van der Waals surface area (Å²) in [5, 5.41) is 7.14. The van der Waals surface area contributed by atoms with Crippen molar-refractivity contribution in [1.82, 2.24) is 20.4 Å². The van der Waals surface area contributed by atoms with E-state index in [1.165, 1.54) is 31.7 Å². The average molecular weight is 388 g/mol. The zero-order chi connectivity index (χ0) is 20.4. The molecule has 1 fully saturated rings. The third-order valence-electron chi connectivity index (χ3n) is 6.34. The number of rotatable bonds is 9. The van der Waals surface area contributed by atoms with E-state index in [1.54, 1.807) is 0 Å². The van der Waals surface area contributed by atoms with Gasteiger partial charge in [-0.2, -0.15) is 0 Å². The number of guanidine groups is 1. The number of hydrogen-bond donors (Lipinski definition) is 2. The molecule has 5 nitrogen and oxygen atoms in total. The minimum Gasteiger partial charge on any atom is -0.356 e. The Bertz CT molecular complexity index is 574. The Morgan fingerprint density at radius 1 is 1.07 bits per heavy atom. The highest BCUT2D eigenvalue weighted by Crippen LogP contribution is 2.30. The highest BCUT2D eigenvalue weighted by molar-refractivity contribution is 5.79. The number of aliphatic imine (C=N–C) groups is 1. The second-order valence-corrected chi connectivity index (χ2v) is 8.37. The van der Waals surface area contributed by atoms with Gasteiger partial charge in [-0.05, 0) is 31.4 Å². The molecule has 1 aliphatic rings. The van der Waals surface area contributed by atoms with Crippen LogP contribution in [-0.2, 0) is 5.41 Å². The van der Waals surface area contributed by atoms with E-state index in [0.717, 1.165) is 38.4 Å². The van der Waals surface area contributed by atoms with Crippen LogP contribution in [0.15, 0.2) is 35.3 Å². The zero-order valence-corrected chi connectivity index (χ0v) is 18.7. The lowest BCUT2D eigenvalue weighted by molar-refractivity contribution is 0.139. The summed E-state index contributed by atoms with van der Waals surface area (Å²) < 4.78 is 0. The maximum Gasteiger partial charge on any atom is 0.191 e. The highest BCUT2D eigenvalue weighted by Gasteiger charge is 2.28. The topological polar surface area (TPSA) is 42.9 Å². The molecule has 1 unspecified atom stereocenters. The fourth-order valence-corrected chi connectivity index (χ4v) is 4.08. The summed E-state index contributed by atoms with van der Waals surface area (Å²) in [5.74, 6) is 1.51. The molecule has 0 radical (unpaired) electrons. The molecular weight excluding hydrogens is 346 g/mol. The Morgan fingerprint density at radius 2 is 1.71 bits per heavy atom.